The molecule has 2 heterocycles. The number of ketones is 1. The van der Waals surface area contributed by atoms with E-state index in [1.807, 2.05) is 22.8 Å². The Morgan fingerprint density at radius 3 is 2.56 bits per heavy atom. The fraction of sp³-hybridized carbons (Fsp3) is 0.387. The van der Waals surface area contributed by atoms with E-state index in [4.69, 9.17) is 9.51 Å². The minimum Gasteiger partial charge on any atom is -0.389 e. The molecule has 0 bridgehead atoms. The Balaban J connectivity index is 1.55. The summed E-state index contributed by atoms with van der Waals surface area (Å²) in [4.78, 5) is 18.0. The van der Waals surface area contributed by atoms with Crippen LogP contribution >= 0.6 is 0 Å². The molecule has 2 aromatic carbocycles. The van der Waals surface area contributed by atoms with Crippen molar-refractivity contribution >= 4 is 21.7 Å². The minimum absolute atomic E-state index is 0.0545. The van der Waals surface area contributed by atoms with Gasteiger partial charge in [-0.1, -0.05) is 48.5 Å². The molecule has 0 spiro atoms. The van der Waals surface area contributed by atoms with Crippen LogP contribution in [-0.4, -0.2) is 34.0 Å². The van der Waals surface area contributed by atoms with Gasteiger partial charge < -0.3 is 14.2 Å². The topological polar surface area (TPSA) is 127 Å². The second-order valence-corrected chi connectivity index (χ2v) is 12.4. The van der Waals surface area contributed by atoms with Crippen molar-refractivity contribution < 1.29 is 22.8 Å². The highest BCUT2D eigenvalue weighted by molar-refractivity contribution is 7.92. The maximum absolute atomic E-state index is 13.5. The van der Waals surface area contributed by atoms with Gasteiger partial charge in [-0.05, 0) is 69.2 Å². The molecule has 0 fully saturated rings. The summed E-state index contributed by atoms with van der Waals surface area (Å²) in [5, 5.41) is 14.7. The SMILES string of the molecule is CCCc1nc2c(n1Cc1ccc(-c3ccccc3S(=O)(=O)Nc3onc(C)c3C)c(C(C)O)c1)C(=O)CCCC2. The number of Topliss-reactive ketones (excluding diaryl/α,β-unsaturated/α-hetero) is 1. The van der Waals surface area contributed by atoms with E-state index in [2.05, 4.69) is 16.8 Å². The fourth-order valence-corrected chi connectivity index (χ4v) is 6.69. The van der Waals surface area contributed by atoms with Crippen LogP contribution in [0.3, 0.4) is 0 Å². The first-order valence-corrected chi connectivity index (χ1v) is 15.6. The Morgan fingerprint density at radius 2 is 1.85 bits per heavy atom. The highest BCUT2D eigenvalue weighted by Crippen LogP contribution is 2.35. The molecule has 216 valence electrons. The second-order valence-electron chi connectivity index (χ2n) is 10.7. The first-order valence-electron chi connectivity index (χ1n) is 14.1. The number of aliphatic hydroxyl groups excluding tert-OH is 1. The second kappa shape index (κ2) is 11.6. The molecular weight excluding hydrogens is 540 g/mol. The number of anilines is 1. The maximum Gasteiger partial charge on any atom is 0.264 e. The van der Waals surface area contributed by atoms with Crippen molar-refractivity contribution in [3.8, 4) is 11.1 Å². The summed E-state index contributed by atoms with van der Waals surface area (Å²) >= 11 is 0. The van der Waals surface area contributed by atoms with Gasteiger partial charge in [0.1, 0.15) is 11.5 Å². The zero-order chi connectivity index (χ0) is 29.3. The molecule has 0 saturated heterocycles. The van der Waals surface area contributed by atoms with Crippen molar-refractivity contribution in [3.05, 3.63) is 82.1 Å². The van der Waals surface area contributed by atoms with E-state index < -0.39 is 16.1 Å². The van der Waals surface area contributed by atoms with Crippen LogP contribution in [0.2, 0.25) is 0 Å². The van der Waals surface area contributed by atoms with Gasteiger partial charge in [0.15, 0.2) is 5.78 Å². The van der Waals surface area contributed by atoms with Crippen molar-refractivity contribution in [1.29, 1.82) is 0 Å². The van der Waals surface area contributed by atoms with Crippen molar-refractivity contribution in [3.63, 3.8) is 0 Å². The number of rotatable bonds is 9. The van der Waals surface area contributed by atoms with Gasteiger partial charge >= 0.3 is 0 Å². The highest BCUT2D eigenvalue weighted by Gasteiger charge is 2.27. The predicted octanol–water partition coefficient (Wildman–Crippen LogP) is 5.92. The van der Waals surface area contributed by atoms with Gasteiger partial charge in [0.2, 0.25) is 5.88 Å². The number of aliphatic hydroxyl groups is 1. The summed E-state index contributed by atoms with van der Waals surface area (Å²) in [6, 6.07) is 12.3. The van der Waals surface area contributed by atoms with Crippen molar-refractivity contribution in [2.75, 3.05) is 4.72 Å². The van der Waals surface area contributed by atoms with E-state index in [0.717, 1.165) is 49.2 Å². The predicted molar refractivity (Wildman–Crippen MR) is 157 cm³/mol. The fourth-order valence-electron chi connectivity index (χ4n) is 5.42. The van der Waals surface area contributed by atoms with Crippen LogP contribution < -0.4 is 4.72 Å². The Bertz CT molecular complexity index is 1700. The highest BCUT2D eigenvalue weighted by atomic mass is 32.2. The van der Waals surface area contributed by atoms with Crippen LogP contribution in [0.1, 0.15) is 90.0 Å². The van der Waals surface area contributed by atoms with Crippen molar-refractivity contribution in [2.24, 2.45) is 0 Å². The van der Waals surface area contributed by atoms with E-state index in [9.17, 15) is 18.3 Å². The van der Waals surface area contributed by atoms with Gasteiger partial charge in [0.25, 0.3) is 10.0 Å². The number of fused-ring (bicyclic) bond motifs is 1. The lowest BCUT2D eigenvalue weighted by atomic mass is 9.94. The average Bonchev–Trinajstić information content (AvgIpc) is 3.37. The normalized spacial score (nSPS) is 14.5. The number of nitrogens with zero attached hydrogens (tertiary/aromatic N) is 3. The Labute approximate surface area is 240 Å². The molecule has 4 aromatic rings. The summed E-state index contributed by atoms with van der Waals surface area (Å²) in [7, 11) is -4.04. The lowest BCUT2D eigenvalue weighted by molar-refractivity contribution is 0.0973. The number of hydrogen-bond donors (Lipinski definition) is 2. The number of benzene rings is 2. The lowest BCUT2D eigenvalue weighted by Gasteiger charge is -2.18. The number of aryl methyl sites for hydroxylation is 3. The Kier molecular flexibility index (Phi) is 8.15. The molecule has 0 saturated carbocycles. The zero-order valence-corrected chi connectivity index (χ0v) is 24.7. The third kappa shape index (κ3) is 5.71. The Morgan fingerprint density at radius 1 is 1.10 bits per heavy atom. The van der Waals surface area contributed by atoms with Gasteiger partial charge in [0, 0.05) is 30.5 Å². The molecule has 2 aromatic heterocycles. The number of carbonyl (C=O) groups is 1. The van der Waals surface area contributed by atoms with Crippen molar-refractivity contribution in [2.45, 2.75) is 83.8 Å². The van der Waals surface area contributed by atoms with Gasteiger partial charge in [-0.15, -0.1) is 0 Å². The van der Waals surface area contributed by atoms with Crippen LogP contribution in [0.25, 0.3) is 11.1 Å². The molecule has 9 nitrogen and oxygen atoms in total. The van der Waals surface area contributed by atoms with Gasteiger partial charge in [-0.25, -0.2) is 18.1 Å². The first-order chi connectivity index (χ1) is 19.6. The largest absolute Gasteiger partial charge is 0.389 e. The molecule has 1 atom stereocenters. The number of aromatic nitrogens is 3. The molecule has 1 aliphatic carbocycles. The van der Waals surface area contributed by atoms with Crippen LogP contribution in [0.4, 0.5) is 5.88 Å². The van der Waals surface area contributed by atoms with Crippen LogP contribution in [0.15, 0.2) is 51.9 Å². The molecule has 0 amide bonds. The van der Waals surface area contributed by atoms with Gasteiger partial charge in [-0.3, -0.25) is 4.79 Å². The summed E-state index contributed by atoms with van der Waals surface area (Å²) in [6.07, 6.45) is 3.95. The smallest absolute Gasteiger partial charge is 0.264 e. The monoisotopic (exact) mass is 576 g/mol. The summed E-state index contributed by atoms with van der Waals surface area (Å²) in [5.41, 5.74) is 5.33. The van der Waals surface area contributed by atoms with E-state index in [0.29, 0.717) is 46.6 Å². The van der Waals surface area contributed by atoms with Gasteiger partial charge in [0.05, 0.1) is 22.4 Å². The standard InChI is InChI=1S/C31H36N4O5S/c1-5-10-29-32-26-12-7-8-13-27(37)30(26)35(29)18-22-15-16-23(25(17-22)21(4)36)24-11-6-9-14-28(24)41(38,39)34-31-19(2)20(3)33-40-31/h6,9,11,14-17,21,34,36H,5,7-8,10,12-13,18H2,1-4H3. The molecule has 0 aliphatic heterocycles. The summed E-state index contributed by atoms with van der Waals surface area (Å²) < 4.78 is 36.8. The Hall–Kier alpha value is -3.76. The molecular formula is C31H36N4O5S. The zero-order valence-electron chi connectivity index (χ0n) is 23.9. The van der Waals surface area contributed by atoms with E-state index >= 15 is 0 Å². The number of imidazole rings is 1. The molecule has 41 heavy (non-hydrogen) atoms. The molecule has 2 N–H and O–H groups in total. The lowest BCUT2D eigenvalue weighted by Crippen LogP contribution is -2.15. The van der Waals surface area contributed by atoms with Crippen molar-refractivity contribution in [1.82, 2.24) is 14.7 Å². The van der Waals surface area contributed by atoms with E-state index in [1.165, 1.54) is 6.07 Å². The summed E-state index contributed by atoms with van der Waals surface area (Å²) in [5.74, 6) is 1.10. The molecule has 0 radical (unpaired) electrons. The molecule has 5 rings (SSSR count). The van der Waals surface area contributed by atoms with Crippen LogP contribution in [0, 0.1) is 13.8 Å². The summed E-state index contributed by atoms with van der Waals surface area (Å²) in [6.45, 7) is 7.67. The third-order valence-corrected chi connectivity index (χ3v) is 9.07. The number of nitrogens with one attached hydrogen (secondary N) is 1. The number of carbonyl (C=O) groups excluding carboxylic acids is 1. The van der Waals surface area contributed by atoms with Crippen LogP contribution in [-0.2, 0) is 29.4 Å². The van der Waals surface area contributed by atoms with E-state index in [-0.39, 0.29) is 16.6 Å². The third-order valence-electron chi connectivity index (χ3n) is 7.68. The quantitative estimate of drug-likeness (QED) is 0.237. The number of sulfonamides is 1. The maximum atomic E-state index is 13.5. The molecule has 1 unspecified atom stereocenters. The van der Waals surface area contributed by atoms with Gasteiger partial charge in [-0.2, -0.15) is 0 Å². The molecule has 10 heteroatoms. The van der Waals surface area contributed by atoms with Crippen LogP contribution in [0.5, 0.6) is 0 Å². The first kappa shape index (κ1) is 28.8. The number of hydrogen-bond acceptors (Lipinski definition) is 7. The van der Waals surface area contributed by atoms with E-state index in [1.54, 1.807) is 39.0 Å². The molecule has 1 aliphatic rings. The minimum atomic E-state index is -4.04. The average molecular weight is 577 g/mol.